The molecule has 1 aromatic heterocycles. The highest BCUT2D eigenvalue weighted by Gasteiger charge is 2.22. The zero-order chi connectivity index (χ0) is 14.9. The van der Waals surface area contributed by atoms with E-state index in [0.717, 1.165) is 17.0 Å². The maximum Gasteiger partial charge on any atom is 0.134 e. The summed E-state index contributed by atoms with van der Waals surface area (Å²) in [7, 11) is 1.69. The maximum absolute atomic E-state index is 14.3. The zero-order valence-electron chi connectivity index (χ0n) is 12.1. The monoisotopic (exact) mass is 276 g/mol. The highest BCUT2D eigenvalue weighted by atomic mass is 19.1. The second-order valence-electron chi connectivity index (χ2n) is 5.00. The largest absolute Gasteiger partial charge is 0.309 e. The van der Waals surface area contributed by atoms with Crippen molar-refractivity contribution in [3.05, 3.63) is 64.0 Å². The lowest BCUT2D eigenvalue weighted by atomic mass is 9.95. The molecule has 0 saturated carbocycles. The molecule has 0 saturated heterocycles. The van der Waals surface area contributed by atoms with Gasteiger partial charge in [-0.2, -0.15) is 0 Å². The van der Waals surface area contributed by atoms with Crippen LogP contribution in [0, 0.1) is 32.4 Å². The topological polar surface area (TPSA) is 24.9 Å². The first kappa shape index (κ1) is 14.6. The number of aryl methyl sites for hydroxylation is 3. The quantitative estimate of drug-likeness (QED) is 0.926. The molecule has 1 heterocycles. The number of benzene rings is 1. The summed E-state index contributed by atoms with van der Waals surface area (Å²) >= 11 is 0. The van der Waals surface area contributed by atoms with E-state index in [9.17, 15) is 8.78 Å². The number of hydrogen-bond acceptors (Lipinski definition) is 2. The van der Waals surface area contributed by atoms with Crippen molar-refractivity contribution in [3.63, 3.8) is 0 Å². The van der Waals surface area contributed by atoms with Gasteiger partial charge < -0.3 is 5.32 Å². The highest BCUT2D eigenvalue weighted by molar-refractivity contribution is 5.37. The fourth-order valence-electron chi connectivity index (χ4n) is 2.45. The van der Waals surface area contributed by atoms with E-state index in [1.54, 1.807) is 14.0 Å². The Bertz CT molecular complexity index is 618. The van der Waals surface area contributed by atoms with Crippen LogP contribution in [0.15, 0.2) is 24.3 Å². The first-order chi connectivity index (χ1) is 9.43. The summed E-state index contributed by atoms with van der Waals surface area (Å²) in [6, 6.07) is 5.91. The van der Waals surface area contributed by atoms with Gasteiger partial charge in [0.25, 0.3) is 0 Å². The molecule has 2 aromatic rings. The molecule has 0 aliphatic heterocycles. The highest BCUT2D eigenvalue weighted by Crippen LogP contribution is 2.28. The third-order valence-corrected chi connectivity index (χ3v) is 3.33. The molecule has 4 heteroatoms. The Morgan fingerprint density at radius 3 is 2.20 bits per heavy atom. The van der Waals surface area contributed by atoms with E-state index in [-0.39, 0.29) is 5.56 Å². The molecule has 20 heavy (non-hydrogen) atoms. The van der Waals surface area contributed by atoms with Crippen molar-refractivity contribution in [2.24, 2.45) is 0 Å². The summed E-state index contributed by atoms with van der Waals surface area (Å²) in [6.07, 6.45) is 0. The van der Waals surface area contributed by atoms with E-state index in [1.807, 2.05) is 26.0 Å². The molecule has 0 aliphatic rings. The molecule has 0 amide bonds. The fourth-order valence-corrected chi connectivity index (χ4v) is 2.45. The van der Waals surface area contributed by atoms with Gasteiger partial charge in [-0.1, -0.05) is 6.07 Å². The molecule has 0 aliphatic carbocycles. The van der Waals surface area contributed by atoms with Crippen LogP contribution in [-0.4, -0.2) is 12.0 Å². The fraction of sp³-hybridized carbons (Fsp3) is 0.312. The van der Waals surface area contributed by atoms with E-state index in [0.29, 0.717) is 5.56 Å². The molecule has 1 aromatic carbocycles. The van der Waals surface area contributed by atoms with Crippen LogP contribution in [0.3, 0.4) is 0 Å². The molecule has 0 radical (unpaired) electrons. The van der Waals surface area contributed by atoms with Gasteiger partial charge in [-0.05, 0) is 57.1 Å². The van der Waals surface area contributed by atoms with E-state index < -0.39 is 17.7 Å². The number of aromatic nitrogens is 1. The molecule has 0 spiro atoms. The van der Waals surface area contributed by atoms with E-state index in [4.69, 9.17) is 0 Å². The molecule has 106 valence electrons. The van der Waals surface area contributed by atoms with E-state index in [1.165, 1.54) is 12.1 Å². The third kappa shape index (κ3) is 2.70. The van der Waals surface area contributed by atoms with Gasteiger partial charge in [0, 0.05) is 17.0 Å². The van der Waals surface area contributed by atoms with Gasteiger partial charge in [0.2, 0.25) is 0 Å². The number of halogens is 2. The summed E-state index contributed by atoms with van der Waals surface area (Å²) in [6.45, 7) is 5.37. The summed E-state index contributed by atoms with van der Waals surface area (Å²) in [5, 5.41) is 2.99. The van der Waals surface area contributed by atoms with Crippen LogP contribution in [0.4, 0.5) is 8.78 Å². The molecular weight excluding hydrogens is 258 g/mol. The normalized spacial score (nSPS) is 12.5. The minimum absolute atomic E-state index is 0.0532. The van der Waals surface area contributed by atoms with Crippen molar-refractivity contribution >= 4 is 0 Å². The minimum atomic E-state index is -0.542. The second-order valence-corrected chi connectivity index (χ2v) is 5.00. The van der Waals surface area contributed by atoms with Crippen LogP contribution < -0.4 is 5.32 Å². The lowest BCUT2D eigenvalue weighted by Crippen LogP contribution is -2.21. The van der Waals surface area contributed by atoms with Gasteiger partial charge in [0.15, 0.2) is 0 Å². The number of nitrogens with zero attached hydrogens (tertiary/aromatic N) is 1. The Kier molecular flexibility index (Phi) is 4.14. The second kappa shape index (κ2) is 5.67. The Hall–Kier alpha value is -1.81. The Morgan fingerprint density at radius 2 is 1.65 bits per heavy atom. The van der Waals surface area contributed by atoms with Crippen LogP contribution in [0.25, 0.3) is 0 Å². The van der Waals surface area contributed by atoms with Crippen molar-refractivity contribution in [3.8, 4) is 0 Å². The van der Waals surface area contributed by atoms with Gasteiger partial charge in [-0.25, -0.2) is 8.78 Å². The minimum Gasteiger partial charge on any atom is -0.309 e. The predicted octanol–water partition coefficient (Wildman–Crippen LogP) is 3.59. The average molecular weight is 276 g/mol. The maximum atomic E-state index is 14.3. The Morgan fingerprint density at radius 1 is 1.05 bits per heavy atom. The lowest BCUT2D eigenvalue weighted by Gasteiger charge is -2.20. The van der Waals surface area contributed by atoms with E-state index in [2.05, 4.69) is 10.3 Å². The van der Waals surface area contributed by atoms with Gasteiger partial charge in [0.05, 0.1) is 6.04 Å². The first-order valence-electron chi connectivity index (χ1n) is 6.51. The molecule has 0 fully saturated rings. The lowest BCUT2D eigenvalue weighted by molar-refractivity contribution is 0.517. The van der Waals surface area contributed by atoms with Crippen molar-refractivity contribution < 1.29 is 8.78 Å². The van der Waals surface area contributed by atoms with Crippen molar-refractivity contribution in [1.82, 2.24) is 10.3 Å². The Labute approximate surface area is 117 Å². The predicted molar refractivity (Wildman–Crippen MR) is 75.7 cm³/mol. The number of pyridine rings is 1. The molecule has 1 N–H and O–H groups in total. The Balaban J connectivity index is 2.61. The zero-order valence-corrected chi connectivity index (χ0v) is 12.1. The third-order valence-electron chi connectivity index (χ3n) is 3.33. The first-order valence-corrected chi connectivity index (χ1v) is 6.51. The number of hydrogen-bond donors (Lipinski definition) is 1. The van der Waals surface area contributed by atoms with Crippen molar-refractivity contribution in [2.75, 3.05) is 7.05 Å². The smallest absolute Gasteiger partial charge is 0.134 e. The van der Waals surface area contributed by atoms with Crippen molar-refractivity contribution in [2.45, 2.75) is 26.8 Å². The van der Waals surface area contributed by atoms with Crippen molar-refractivity contribution in [1.29, 1.82) is 0 Å². The number of rotatable bonds is 3. The molecular formula is C16H18F2N2. The van der Waals surface area contributed by atoms with Crippen LogP contribution in [0.1, 0.15) is 34.1 Å². The van der Waals surface area contributed by atoms with Crippen LogP contribution in [0.2, 0.25) is 0 Å². The molecule has 2 rings (SSSR count). The van der Waals surface area contributed by atoms with Gasteiger partial charge in [-0.3, -0.25) is 4.98 Å². The van der Waals surface area contributed by atoms with E-state index >= 15 is 0 Å². The van der Waals surface area contributed by atoms with Gasteiger partial charge in [-0.15, -0.1) is 0 Å². The molecule has 1 unspecified atom stereocenters. The van der Waals surface area contributed by atoms with Gasteiger partial charge in [0.1, 0.15) is 11.6 Å². The summed E-state index contributed by atoms with van der Waals surface area (Å²) in [5.41, 5.74) is 2.95. The summed E-state index contributed by atoms with van der Waals surface area (Å²) < 4.78 is 28.3. The standard InChI is InChI=1S/C16H18F2N2/c1-9-5-6-13(17)14(15(9)18)16(19-4)12-7-10(2)20-11(3)8-12/h5-8,16,19H,1-4H3. The average Bonchev–Trinajstić information content (AvgIpc) is 2.38. The van der Waals surface area contributed by atoms with Crippen LogP contribution in [0.5, 0.6) is 0 Å². The number of nitrogens with one attached hydrogen (secondary N) is 1. The molecule has 2 nitrogen and oxygen atoms in total. The van der Waals surface area contributed by atoms with Crippen LogP contribution in [-0.2, 0) is 0 Å². The molecule has 1 atom stereocenters. The summed E-state index contributed by atoms with van der Waals surface area (Å²) in [4.78, 5) is 4.29. The SMILES string of the molecule is CNC(c1cc(C)nc(C)c1)c1c(F)ccc(C)c1F. The molecule has 0 bridgehead atoms. The van der Waals surface area contributed by atoms with Crippen LogP contribution >= 0.6 is 0 Å². The van der Waals surface area contributed by atoms with Gasteiger partial charge >= 0.3 is 0 Å². The summed E-state index contributed by atoms with van der Waals surface area (Å²) in [5.74, 6) is -1.05.